The van der Waals surface area contributed by atoms with Crippen LogP contribution in [0, 0.1) is 0 Å². The van der Waals surface area contributed by atoms with E-state index in [4.69, 9.17) is 16.7 Å². The number of benzene rings is 1. The van der Waals surface area contributed by atoms with Gasteiger partial charge in [0.15, 0.2) is 0 Å². The fraction of sp³-hybridized carbons (Fsp3) is 0.538. The number of aryl methyl sites for hydroxylation is 1. The number of rotatable bonds is 10. The van der Waals surface area contributed by atoms with Crippen LogP contribution in [0.5, 0.6) is 0 Å². The monoisotopic (exact) mass is 337 g/mol. The number of hydrogen-bond acceptors (Lipinski definition) is 4. The molecule has 0 aliphatic rings. The highest BCUT2D eigenvalue weighted by molar-refractivity contribution is 7.99. The minimum absolute atomic E-state index is 0.174. The number of halogens is 1. The highest BCUT2D eigenvalue weighted by Gasteiger charge is 2.12. The van der Waals surface area contributed by atoms with E-state index in [0.717, 1.165) is 24.2 Å². The Balaban J connectivity index is 2.43. The second kappa shape index (κ2) is 9.63. The topological polar surface area (TPSA) is 66.4 Å². The quantitative estimate of drug-likeness (QED) is 0.505. The molecule has 0 unspecified atom stereocenters. The van der Waals surface area contributed by atoms with Crippen molar-refractivity contribution in [3.8, 4) is 0 Å². The van der Waals surface area contributed by atoms with Gasteiger partial charge in [-0.1, -0.05) is 12.1 Å². The maximum atomic E-state index is 12.0. The summed E-state index contributed by atoms with van der Waals surface area (Å²) in [6, 6.07) is 6.77. The van der Waals surface area contributed by atoms with Crippen LogP contribution in [0.15, 0.2) is 29.2 Å². The fourth-order valence-electron chi connectivity index (χ4n) is 1.54. The molecule has 0 saturated heterocycles. The predicted octanol–water partition coefficient (Wildman–Crippen LogP) is 1.86. The first-order valence-electron chi connectivity index (χ1n) is 6.43. The van der Waals surface area contributed by atoms with Gasteiger partial charge >= 0.3 is 0 Å². The molecular weight excluding hydrogens is 318 g/mol. The highest BCUT2D eigenvalue weighted by atomic mass is 35.5. The number of alkyl halides is 1. The van der Waals surface area contributed by atoms with Crippen molar-refractivity contribution in [2.45, 2.75) is 17.7 Å². The van der Waals surface area contributed by atoms with E-state index in [2.05, 4.69) is 4.72 Å². The van der Waals surface area contributed by atoms with Gasteiger partial charge in [-0.05, 0) is 36.3 Å². The molecule has 0 heterocycles. The lowest BCUT2D eigenvalue weighted by Gasteiger charge is -2.07. The summed E-state index contributed by atoms with van der Waals surface area (Å²) in [5, 5.41) is 8.63. The van der Waals surface area contributed by atoms with Crippen LogP contribution in [-0.2, 0) is 16.4 Å². The molecule has 0 aromatic heterocycles. The number of aliphatic hydroxyl groups is 1. The summed E-state index contributed by atoms with van der Waals surface area (Å²) in [5.41, 5.74) is 1.03. The number of hydrogen-bond donors (Lipinski definition) is 2. The maximum absolute atomic E-state index is 12.0. The first-order chi connectivity index (χ1) is 9.60. The molecule has 0 spiro atoms. The molecule has 1 rings (SSSR count). The summed E-state index contributed by atoms with van der Waals surface area (Å²) in [7, 11) is -3.43. The van der Waals surface area contributed by atoms with Crippen LogP contribution in [-0.4, -0.2) is 44.1 Å². The van der Waals surface area contributed by atoms with E-state index >= 15 is 0 Å². The minimum atomic E-state index is -3.43. The third-order valence-corrected chi connectivity index (χ3v) is 5.34. The second-order valence-electron chi connectivity index (χ2n) is 4.17. The normalized spacial score (nSPS) is 11.7. The van der Waals surface area contributed by atoms with Gasteiger partial charge in [0.1, 0.15) is 0 Å². The summed E-state index contributed by atoms with van der Waals surface area (Å²) < 4.78 is 26.6. The van der Waals surface area contributed by atoms with E-state index in [1.807, 2.05) is 0 Å². The molecule has 0 amide bonds. The SMILES string of the molecule is O=S(=O)(NCCSCCCO)c1ccc(CCCl)cc1. The molecule has 1 aromatic carbocycles. The van der Waals surface area contributed by atoms with Crippen LogP contribution in [0.2, 0.25) is 0 Å². The Hall–Kier alpha value is -0.270. The summed E-state index contributed by atoms with van der Waals surface area (Å²) in [5.74, 6) is 2.06. The van der Waals surface area contributed by atoms with Crippen LogP contribution in [0.3, 0.4) is 0 Å². The van der Waals surface area contributed by atoms with Crippen molar-refractivity contribution in [3.05, 3.63) is 29.8 Å². The standard InChI is InChI=1S/C13H20ClNO3S2/c14-7-6-12-2-4-13(5-3-12)20(17,18)15-8-11-19-10-1-9-16/h2-5,15-16H,1,6-11H2. The molecule has 0 atom stereocenters. The first-order valence-corrected chi connectivity index (χ1v) is 9.60. The Labute approximate surface area is 130 Å². The number of nitrogens with one attached hydrogen (secondary N) is 1. The van der Waals surface area contributed by atoms with Gasteiger partial charge in [-0.25, -0.2) is 13.1 Å². The molecule has 0 fully saturated rings. The highest BCUT2D eigenvalue weighted by Crippen LogP contribution is 2.11. The minimum Gasteiger partial charge on any atom is -0.396 e. The van der Waals surface area contributed by atoms with Gasteiger partial charge in [0, 0.05) is 24.8 Å². The van der Waals surface area contributed by atoms with Crippen LogP contribution in [0.25, 0.3) is 0 Å². The van der Waals surface area contributed by atoms with Crippen molar-refractivity contribution in [2.75, 3.05) is 30.5 Å². The van der Waals surface area contributed by atoms with Crippen molar-refractivity contribution in [2.24, 2.45) is 0 Å². The molecule has 1 aromatic rings. The van der Waals surface area contributed by atoms with Crippen LogP contribution in [0.1, 0.15) is 12.0 Å². The van der Waals surface area contributed by atoms with Crippen LogP contribution >= 0.6 is 23.4 Å². The van der Waals surface area contributed by atoms with Gasteiger partial charge in [-0.2, -0.15) is 11.8 Å². The van der Waals surface area contributed by atoms with E-state index in [9.17, 15) is 8.42 Å². The Morgan fingerprint density at radius 2 is 1.90 bits per heavy atom. The van der Waals surface area contributed by atoms with Gasteiger partial charge in [0.25, 0.3) is 0 Å². The van der Waals surface area contributed by atoms with Crippen molar-refractivity contribution in [1.82, 2.24) is 4.72 Å². The number of sulfonamides is 1. The molecule has 4 nitrogen and oxygen atoms in total. The Bertz CT molecular complexity index is 477. The molecule has 0 aliphatic heterocycles. The molecule has 0 radical (unpaired) electrons. The molecule has 0 bridgehead atoms. The first kappa shape index (κ1) is 17.8. The lowest BCUT2D eigenvalue weighted by atomic mass is 10.2. The van der Waals surface area contributed by atoms with Crippen molar-refractivity contribution in [3.63, 3.8) is 0 Å². The van der Waals surface area contributed by atoms with E-state index in [-0.39, 0.29) is 11.5 Å². The summed E-state index contributed by atoms with van der Waals surface area (Å²) in [6.07, 6.45) is 1.47. The molecule has 0 saturated carbocycles. The Morgan fingerprint density at radius 1 is 1.20 bits per heavy atom. The third kappa shape index (κ3) is 6.45. The lowest BCUT2D eigenvalue weighted by molar-refractivity contribution is 0.296. The van der Waals surface area contributed by atoms with Crippen molar-refractivity contribution in [1.29, 1.82) is 0 Å². The van der Waals surface area contributed by atoms with E-state index in [0.29, 0.717) is 18.2 Å². The summed E-state index contributed by atoms with van der Waals surface area (Å²) in [6.45, 7) is 0.565. The molecule has 20 heavy (non-hydrogen) atoms. The number of thioether (sulfide) groups is 1. The van der Waals surface area contributed by atoms with Crippen LogP contribution < -0.4 is 4.72 Å². The van der Waals surface area contributed by atoms with Gasteiger partial charge in [0.05, 0.1) is 4.90 Å². The van der Waals surface area contributed by atoms with Crippen molar-refractivity contribution >= 4 is 33.4 Å². The zero-order valence-electron chi connectivity index (χ0n) is 11.2. The average Bonchev–Trinajstić information content (AvgIpc) is 2.44. The Kier molecular flexibility index (Phi) is 8.56. The van der Waals surface area contributed by atoms with Gasteiger partial charge in [-0.3, -0.25) is 0 Å². The van der Waals surface area contributed by atoms with Crippen LogP contribution in [0.4, 0.5) is 0 Å². The maximum Gasteiger partial charge on any atom is 0.240 e. The summed E-state index contributed by atoms with van der Waals surface area (Å²) in [4.78, 5) is 0.274. The molecule has 114 valence electrons. The fourth-order valence-corrected chi connectivity index (χ4v) is 3.71. The molecule has 7 heteroatoms. The van der Waals surface area contributed by atoms with Gasteiger partial charge < -0.3 is 5.11 Å². The Morgan fingerprint density at radius 3 is 2.50 bits per heavy atom. The molecule has 2 N–H and O–H groups in total. The second-order valence-corrected chi connectivity index (χ2v) is 7.54. The van der Waals surface area contributed by atoms with Gasteiger partial charge in [0.2, 0.25) is 10.0 Å². The zero-order valence-corrected chi connectivity index (χ0v) is 13.6. The summed E-state index contributed by atoms with van der Waals surface area (Å²) >= 11 is 7.26. The third-order valence-electron chi connectivity index (χ3n) is 2.60. The van der Waals surface area contributed by atoms with E-state index in [1.54, 1.807) is 36.0 Å². The molecular formula is C13H20ClNO3S2. The van der Waals surface area contributed by atoms with E-state index in [1.165, 1.54) is 0 Å². The predicted molar refractivity (Wildman–Crippen MR) is 85.1 cm³/mol. The average molecular weight is 338 g/mol. The van der Waals surface area contributed by atoms with Crippen molar-refractivity contribution < 1.29 is 13.5 Å². The number of aliphatic hydroxyl groups excluding tert-OH is 1. The molecule has 0 aliphatic carbocycles. The largest absolute Gasteiger partial charge is 0.396 e. The van der Waals surface area contributed by atoms with E-state index < -0.39 is 10.0 Å². The lowest BCUT2D eigenvalue weighted by Crippen LogP contribution is -2.26. The smallest absolute Gasteiger partial charge is 0.240 e. The zero-order chi connectivity index (χ0) is 14.8. The van der Waals surface area contributed by atoms with Gasteiger partial charge in [-0.15, -0.1) is 11.6 Å².